The minimum Gasteiger partial charge on any atom is -0.497 e. The highest BCUT2D eigenvalue weighted by Crippen LogP contribution is 2.43. The van der Waals surface area contributed by atoms with Gasteiger partial charge in [0.15, 0.2) is 0 Å². The normalized spacial score (nSPS) is 26.8. The molecule has 3 atom stereocenters. The fraction of sp³-hybridized carbons (Fsp3) is 0.556. The number of aliphatic carboxylic acids is 1. The van der Waals surface area contributed by atoms with Crippen molar-refractivity contribution in [3.8, 4) is 5.75 Å². The molecule has 25 heavy (non-hydrogen) atoms. The minimum absolute atomic E-state index is 0.0177. The third-order valence-corrected chi connectivity index (χ3v) is 6.26. The number of benzene rings is 1. The van der Waals surface area contributed by atoms with Gasteiger partial charge in [-0.2, -0.15) is 0 Å². The summed E-state index contributed by atoms with van der Waals surface area (Å²) in [5, 5.41) is 9.43. The van der Waals surface area contributed by atoms with Crippen molar-refractivity contribution in [2.45, 2.75) is 23.5 Å². The first-order valence-corrected chi connectivity index (χ1v) is 9.25. The average Bonchev–Trinajstić information content (AvgIpc) is 3.02. The number of rotatable bonds is 5. The zero-order chi connectivity index (χ0) is 18.0. The zero-order valence-corrected chi connectivity index (χ0v) is 15.3. The van der Waals surface area contributed by atoms with Gasteiger partial charge < -0.3 is 19.5 Å². The number of carbonyl (C=O) groups is 2. The van der Waals surface area contributed by atoms with Crippen molar-refractivity contribution in [1.29, 1.82) is 0 Å². The van der Waals surface area contributed by atoms with E-state index in [0.29, 0.717) is 26.2 Å². The van der Waals surface area contributed by atoms with Gasteiger partial charge >= 0.3 is 5.97 Å². The number of nitrogens with zero attached hydrogens (tertiary/aromatic N) is 1. The van der Waals surface area contributed by atoms with Crippen LogP contribution in [0, 0.1) is 11.3 Å². The fourth-order valence-electron chi connectivity index (χ4n) is 3.63. The van der Waals surface area contributed by atoms with Gasteiger partial charge in [-0.15, -0.1) is 11.8 Å². The number of ether oxygens (including phenoxy) is 2. The summed E-state index contributed by atoms with van der Waals surface area (Å²) in [6.07, 6.45) is 0.469. The maximum absolute atomic E-state index is 12.8. The molecular formula is C18H23NO5S. The fourth-order valence-corrected chi connectivity index (χ4v) is 4.58. The van der Waals surface area contributed by atoms with Crippen LogP contribution in [0.5, 0.6) is 5.75 Å². The largest absolute Gasteiger partial charge is 0.497 e. The van der Waals surface area contributed by atoms with E-state index in [4.69, 9.17) is 9.47 Å². The van der Waals surface area contributed by atoms with E-state index in [-0.39, 0.29) is 23.6 Å². The smallest absolute Gasteiger partial charge is 0.311 e. The summed E-state index contributed by atoms with van der Waals surface area (Å²) in [4.78, 5) is 27.3. The van der Waals surface area contributed by atoms with Crippen LogP contribution in [0.15, 0.2) is 29.2 Å². The predicted octanol–water partition coefficient (Wildman–Crippen LogP) is 2.13. The highest BCUT2D eigenvalue weighted by atomic mass is 32.2. The highest BCUT2D eigenvalue weighted by molar-refractivity contribution is 8.00. The predicted molar refractivity (Wildman–Crippen MR) is 93.9 cm³/mol. The van der Waals surface area contributed by atoms with Crippen LogP contribution in [-0.4, -0.2) is 60.5 Å². The maximum Gasteiger partial charge on any atom is 0.311 e. The average molecular weight is 365 g/mol. The SMILES string of the molecule is COc1ccc(SC(C)C(=O)N2C[C@H]3COCC[C@@]3(C(=O)O)C2)cc1. The van der Waals surface area contributed by atoms with Gasteiger partial charge in [-0.3, -0.25) is 9.59 Å². The lowest BCUT2D eigenvalue weighted by Gasteiger charge is -2.33. The van der Waals surface area contributed by atoms with E-state index in [1.165, 1.54) is 11.8 Å². The summed E-state index contributed by atoms with van der Waals surface area (Å²) >= 11 is 1.47. The molecule has 6 nitrogen and oxygen atoms in total. The molecule has 1 amide bonds. The Bertz CT molecular complexity index is 649. The lowest BCUT2D eigenvalue weighted by molar-refractivity contribution is -0.157. The molecule has 1 N–H and O–H groups in total. The third kappa shape index (κ3) is 3.48. The van der Waals surface area contributed by atoms with Crippen LogP contribution >= 0.6 is 11.8 Å². The van der Waals surface area contributed by atoms with E-state index in [9.17, 15) is 14.7 Å². The number of carboxylic acid groups (broad SMARTS) is 1. The Kier molecular flexibility index (Phi) is 5.24. The molecule has 3 rings (SSSR count). The van der Waals surface area contributed by atoms with E-state index >= 15 is 0 Å². The van der Waals surface area contributed by atoms with E-state index < -0.39 is 11.4 Å². The van der Waals surface area contributed by atoms with Gasteiger partial charge in [0.25, 0.3) is 0 Å². The lowest BCUT2D eigenvalue weighted by Crippen LogP contribution is -2.45. The molecule has 0 radical (unpaired) electrons. The Hall–Kier alpha value is -1.73. The topological polar surface area (TPSA) is 76.1 Å². The lowest BCUT2D eigenvalue weighted by atomic mass is 9.74. The van der Waals surface area contributed by atoms with Gasteiger partial charge in [0.2, 0.25) is 5.91 Å². The van der Waals surface area contributed by atoms with Crippen molar-refractivity contribution >= 4 is 23.6 Å². The maximum atomic E-state index is 12.8. The summed E-state index contributed by atoms with van der Waals surface area (Å²) in [7, 11) is 1.61. The van der Waals surface area contributed by atoms with Crippen LogP contribution in [0.3, 0.4) is 0 Å². The first-order valence-electron chi connectivity index (χ1n) is 8.37. The molecule has 2 fully saturated rings. The summed E-state index contributed by atoms with van der Waals surface area (Å²) < 4.78 is 10.6. The molecule has 0 aromatic heterocycles. The Morgan fingerprint density at radius 3 is 2.72 bits per heavy atom. The van der Waals surface area contributed by atoms with E-state index in [0.717, 1.165) is 10.6 Å². The molecule has 2 heterocycles. The number of likely N-dealkylation sites (tertiary alicyclic amines) is 1. The first kappa shape index (κ1) is 18.1. The van der Waals surface area contributed by atoms with Crippen LogP contribution in [0.2, 0.25) is 0 Å². The summed E-state index contributed by atoms with van der Waals surface area (Å²) in [5.41, 5.74) is -0.849. The molecule has 0 bridgehead atoms. The number of hydrogen-bond donors (Lipinski definition) is 1. The molecule has 2 aliphatic rings. The summed E-state index contributed by atoms with van der Waals surface area (Å²) in [5.74, 6) is -0.182. The molecule has 136 valence electrons. The molecule has 1 unspecified atom stereocenters. The molecule has 2 aliphatic heterocycles. The van der Waals surface area contributed by atoms with Crippen molar-refractivity contribution in [3.63, 3.8) is 0 Å². The van der Waals surface area contributed by atoms with Crippen LogP contribution in [-0.2, 0) is 14.3 Å². The van der Waals surface area contributed by atoms with Crippen molar-refractivity contribution in [3.05, 3.63) is 24.3 Å². The monoisotopic (exact) mass is 365 g/mol. The van der Waals surface area contributed by atoms with Crippen LogP contribution in [0.4, 0.5) is 0 Å². The molecule has 1 aromatic rings. The zero-order valence-electron chi connectivity index (χ0n) is 14.4. The number of methoxy groups -OCH3 is 1. The van der Waals surface area contributed by atoms with Crippen LogP contribution in [0.1, 0.15) is 13.3 Å². The van der Waals surface area contributed by atoms with Crippen molar-refractivity contribution in [2.24, 2.45) is 11.3 Å². The Balaban J connectivity index is 1.67. The Labute approximate surface area is 151 Å². The number of amides is 1. The highest BCUT2D eigenvalue weighted by Gasteiger charge is 2.55. The van der Waals surface area contributed by atoms with Gasteiger partial charge in [-0.05, 0) is 37.6 Å². The molecule has 0 spiro atoms. The van der Waals surface area contributed by atoms with Crippen LogP contribution in [0.25, 0.3) is 0 Å². The van der Waals surface area contributed by atoms with Crippen molar-refractivity contribution < 1.29 is 24.2 Å². The second kappa shape index (κ2) is 7.25. The second-order valence-electron chi connectivity index (χ2n) is 6.64. The Morgan fingerprint density at radius 2 is 2.12 bits per heavy atom. The van der Waals surface area contributed by atoms with E-state index in [1.54, 1.807) is 12.0 Å². The molecule has 0 saturated carbocycles. The van der Waals surface area contributed by atoms with Crippen LogP contribution < -0.4 is 4.74 Å². The van der Waals surface area contributed by atoms with E-state index in [1.807, 2.05) is 31.2 Å². The molecule has 2 saturated heterocycles. The molecule has 0 aliphatic carbocycles. The quantitative estimate of drug-likeness (QED) is 0.806. The number of hydrogen-bond acceptors (Lipinski definition) is 5. The standard InChI is InChI=1S/C18H23NO5S/c1-12(25-15-5-3-14(23-2)4-6-15)16(20)19-9-13-10-24-8-7-18(13,11-19)17(21)22/h3-6,12-13H,7-11H2,1-2H3,(H,21,22)/t12?,13-,18+/m0/s1. The minimum atomic E-state index is -0.849. The second-order valence-corrected chi connectivity index (χ2v) is 8.05. The first-order chi connectivity index (χ1) is 12.0. The van der Waals surface area contributed by atoms with Gasteiger partial charge in [0.05, 0.1) is 24.4 Å². The molecular weight excluding hydrogens is 342 g/mol. The number of thioether (sulfide) groups is 1. The van der Waals surface area contributed by atoms with Gasteiger partial charge in [-0.25, -0.2) is 0 Å². The van der Waals surface area contributed by atoms with E-state index in [2.05, 4.69) is 0 Å². The number of carboxylic acids is 1. The van der Waals surface area contributed by atoms with Crippen molar-refractivity contribution in [2.75, 3.05) is 33.4 Å². The van der Waals surface area contributed by atoms with Gasteiger partial charge in [-0.1, -0.05) is 0 Å². The van der Waals surface area contributed by atoms with Gasteiger partial charge in [0, 0.05) is 30.5 Å². The van der Waals surface area contributed by atoms with Crippen molar-refractivity contribution in [1.82, 2.24) is 4.90 Å². The number of fused-ring (bicyclic) bond motifs is 1. The number of carbonyl (C=O) groups excluding carboxylic acids is 1. The summed E-state index contributed by atoms with van der Waals surface area (Å²) in [6, 6.07) is 7.56. The molecule has 1 aromatic carbocycles. The van der Waals surface area contributed by atoms with Gasteiger partial charge in [0.1, 0.15) is 5.75 Å². The molecule has 7 heteroatoms. The third-order valence-electron chi connectivity index (χ3n) is 5.16. The Morgan fingerprint density at radius 1 is 1.40 bits per heavy atom. The summed E-state index contributed by atoms with van der Waals surface area (Å²) in [6.45, 7) is 3.46.